The fourth-order valence-electron chi connectivity index (χ4n) is 2.59. The lowest BCUT2D eigenvalue weighted by Crippen LogP contribution is -2.28. The van der Waals surface area contributed by atoms with Crippen molar-refractivity contribution >= 4 is 16.9 Å². The number of imidazole rings is 1. The van der Waals surface area contributed by atoms with Crippen LogP contribution in [0.3, 0.4) is 0 Å². The molecule has 1 N–H and O–H groups in total. The zero-order valence-electron chi connectivity index (χ0n) is 13.5. The van der Waals surface area contributed by atoms with Gasteiger partial charge in [0.1, 0.15) is 23.5 Å². The fourth-order valence-corrected chi connectivity index (χ4v) is 2.59. The predicted octanol–water partition coefficient (Wildman–Crippen LogP) is 3.15. The number of carbonyl (C=O) groups excluding carboxylic acids is 1. The van der Waals surface area contributed by atoms with Gasteiger partial charge in [0, 0.05) is 24.2 Å². The maximum Gasteiger partial charge on any atom is 0.252 e. The molecule has 3 aromatic rings. The first-order chi connectivity index (χ1) is 11.9. The van der Waals surface area contributed by atoms with Crippen molar-refractivity contribution in [1.82, 2.24) is 14.9 Å². The van der Waals surface area contributed by atoms with Crippen molar-refractivity contribution in [3.05, 3.63) is 65.0 Å². The second kappa shape index (κ2) is 6.32. The van der Waals surface area contributed by atoms with Gasteiger partial charge < -0.3 is 9.88 Å². The topological polar surface area (TPSA) is 70.7 Å². The highest BCUT2D eigenvalue weighted by atomic mass is 19.1. The largest absolute Gasteiger partial charge is 0.332 e. The number of fused-ring (bicyclic) bond motifs is 1. The van der Waals surface area contributed by atoms with Crippen LogP contribution in [0.15, 0.2) is 36.4 Å². The molecular weight excluding hydrogens is 326 g/mol. The van der Waals surface area contributed by atoms with Crippen LogP contribution in [0.5, 0.6) is 0 Å². The number of nitrogens with zero attached hydrogens (tertiary/aromatic N) is 3. The molecule has 0 spiro atoms. The summed E-state index contributed by atoms with van der Waals surface area (Å²) in [6.07, 6.45) is 0. The lowest BCUT2D eigenvalue weighted by Gasteiger charge is -2.13. The highest BCUT2D eigenvalue weighted by Crippen LogP contribution is 2.20. The van der Waals surface area contributed by atoms with Crippen molar-refractivity contribution in [2.24, 2.45) is 7.05 Å². The molecule has 0 aliphatic heterocycles. The summed E-state index contributed by atoms with van der Waals surface area (Å²) in [6.45, 7) is 1.85. The second-order valence-electron chi connectivity index (χ2n) is 5.62. The molecule has 0 saturated heterocycles. The van der Waals surface area contributed by atoms with Crippen molar-refractivity contribution in [2.45, 2.75) is 13.0 Å². The molecule has 0 unspecified atom stereocenters. The fraction of sp³-hybridized carbons (Fsp3) is 0.167. The molecule has 1 atom stereocenters. The molecule has 0 fully saturated rings. The van der Waals surface area contributed by atoms with Crippen molar-refractivity contribution in [2.75, 3.05) is 0 Å². The minimum absolute atomic E-state index is 0.0907. The van der Waals surface area contributed by atoms with Crippen LogP contribution in [-0.2, 0) is 7.05 Å². The quantitative estimate of drug-likeness (QED) is 0.796. The van der Waals surface area contributed by atoms with Gasteiger partial charge in [-0.25, -0.2) is 13.8 Å². The first-order valence-corrected chi connectivity index (χ1v) is 7.49. The summed E-state index contributed by atoms with van der Waals surface area (Å²) < 4.78 is 28.7. The summed E-state index contributed by atoms with van der Waals surface area (Å²) in [6, 6.07) is 8.41. The Morgan fingerprint density at radius 1 is 1.28 bits per heavy atom. The van der Waals surface area contributed by atoms with Crippen LogP contribution in [-0.4, -0.2) is 15.5 Å². The Kier molecular flexibility index (Phi) is 4.19. The molecule has 0 aliphatic rings. The van der Waals surface area contributed by atoms with Gasteiger partial charge in [-0.3, -0.25) is 4.79 Å². The van der Waals surface area contributed by atoms with E-state index in [1.54, 1.807) is 18.2 Å². The molecule has 0 radical (unpaired) electrons. The predicted molar refractivity (Wildman–Crippen MR) is 87.6 cm³/mol. The van der Waals surface area contributed by atoms with Gasteiger partial charge in [0.15, 0.2) is 0 Å². The number of nitriles is 1. The number of rotatable bonds is 3. The van der Waals surface area contributed by atoms with E-state index in [4.69, 9.17) is 0 Å². The third-order valence-corrected chi connectivity index (χ3v) is 4.04. The molecule has 25 heavy (non-hydrogen) atoms. The number of nitrogens with one attached hydrogen (secondary N) is 1. The van der Waals surface area contributed by atoms with Crippen LogP contribution in [0.2, 0.25) is 0 Å². The average molecular weight is 340 g/mol. The maximum absolute atomic E-state index is 13.8. The molecule has 1 amide bonds. The Bertz CT molecular complexity index is 1020. The molecule has 3 rings (SSSR count). The molecule has 1 heterocycles. The van der Waals surface area contributed by atoms with E-state index >= 15 is 0 Å². The van der Waals surface area contributed by atoms with E-state index in [0.29, 0.717) is 17.1 Å². The monoisotopic (exact) mass is 340 g/mol. The van der Waals surface area contributed by atoms with Crippen molar-refractivity contribution in [3.8, 4) is 6.07 Å². The Morgan fingerprint density at radius 3 is 2.72 bits per heavy atom. The van der Waals surface area contributed by atoms with Crippen LogP contribution in [0.1, 0.15) is 27.8 Å². The van der Waals surface area contributed by atoms with Gasteiger partial charge in [0.05, 0.1) is 17.1 Å². The Hall–Kier alpha value is -3.27. The van der Waals surface area contributed by atoms with E-state index in [9.17, 15) is 18.8 Å². The van der Waals surface area contributed by atoms with Gasteiger partial charge in [-0.1, -0.05) is 6.07 Å². The van der Waals surface area contributed by atoms with Crippen LogP contribution >= 0.6 is 0 Å². The Balaban J connectivity index is 1.88. The Morgan fingerprint density at radius 2 is 2.04 bits per heavy atom. The molecule has 5 nitrogen and oxygen atoms in total. The number of benzene rings is 2. The smallest absolute Gasteiger partial charge is 0.252 e. The lowest BCUT2D eigenvalue weighted by atomic mass is 10.1. The molecule has 0 aliphatic carbocycles. The summed E-state index contributed by atoms with van der Waals surface area (Å²) in [5.41, 5.74) is 1.73. The van der Waals surface area contributed by atoms with Gasteiger partial charge in [0.2, 0.25) is 0 Å². The van der Waals surface area contributed by atoms with Crippen molar-refractivity contribution in [3.63, 3.8) is 0 Å². The van der Waals surface area contributed by atoms with Gasteiger partial charge in [-0.2, -0.15) is 5.26 Å². The number of hydrogen-bond donors (Lipinski definition) is 1. The van der Waals surface area contributed by atoms with Crippen LogP contribution < -0.4 is 5.32 Å². The number of carbonyl (C=O) groups is 1. The van der Waals surface area contributed by atoms with E-state index < -0.39 is 23.6 Å². The number of hydrogen-bond acceptors (Lipinski definition) is 3. The SMILES string of the molecule is Cc1nc2cc(C(=O)N[C@H](C#N)c3ccc(F)cc3F)ccc2n1C. The summed E-state index contributed by atoms with van der Waals surface area (Å²) in [5.74, 6) is -1.38. The second-order valence-corrected chi connectivity index (χ2v) is 5.62. The highest BCUT2D eigenvalue weighted by Gasteiger charge is 2.19. The van der Waals surface area contributed by atoms with Crippen LogP contribution in [0, 0.1) is 29.9 Å². The normalized spacial score (nSPS) is 12.0. The minimum Gasteiger partial charge on any atom is -0.332 e. The number of aryl methyl sites for hydroxylation is 2. The first-order valence-electron chi connectivity index (χ1n) is 7.49. The molecule has 126 valence electrons. The van der Waals surface area contributed by atoms with E-state index in [0.717, 1.165) is 23.5 Å². The first kappa shape index (κ1) is 16.6. The standard InChI is InChI=1S/C18H14F2N4O/c1-10-22-15-7-11(3-6-17(15)24(10)2)18(25)23-16(9-21)13-5-4-12(19)8-14(13)20/h3-8,16H,1-2H3,(H,23,25)/t16-/m1/s1. The summed E-state index contributed by atoms with van der Waals surface area (Å²) >= 11 is 0. The lowest BCUT2D eigenvalue weighted by molar-refractivity contribution is 0.0945. The molecular formula is C18H14F2N4O. The average Bonchev–Trinajstić information content (AvgIpc) is 2.87. The third kappa shape index (κ3) is 3.06. The number of halogens is 2. The van der Waals surface area contributed by atoms with Gasteiger partial charge in [-0.05, 0) is 31.2 Å². The van der Waals surface area contributed by atoms with Crippen LogP contribution in [0.25, 0.3) is 11.0 Å². The van der Waals surface area contributed by atoms with E-state index in [2.05, 4.69) is 10.3 Å². The molecule has 0 saturated carbocycles. The summed E-state index contributed by atoms with van der Waals surface area (Å²) in [5, 5.41) is 11.7. The maximum atomic E-state index is 13.8. The van der Waals surface area contributed by atoms with Crippen LogP contribution in [0.4, 0.5) is 8.78 Å². The molecule has 0 bridgehead atoms. The van der Waals surface area contributed by atoms with E-state index in [1.807, 2.05) is 24.6 Å². The summed E-state index contributed by atoms with van der Waals surface area (Å²) in [7, 11) is 1.87. The van der Waals surface area contributed by atoms with Gasteiger partial charge in [-0.15, -0.1) is 0 Å². The van der Waals surface area contributed by atoms with Crippen molar-refractivity contribution < 1.29 is 13.6 Å². The molecule has 1 aromatic heterocycles. The molecule has 7 heteroatoms. The van der Waals surface area contributed by atoms with Crippen molar-refractivity contribution in [1.29, 1.82) is 5.26 Å². The van der Waals surface area contributed by atoms with E-state index in [1.165, 1.54) is 0 Å². The summed E-state index contributed by atoms with van der Waals surface area (Å²) in [4.78, 5) is 16.8. The zero-order chi connectivity index (χ0) is 18.1. The Labute approximate surface area is 142 Å². The number of aromatic nitrogens is 2. The zero-order valence-corrected chi connectivity index (χ0v) is 13.5. The molecule has 2 aromatic carbocycles. The van der Waals surface area contributed by atoms with Gasteiger partial charge >= 0.3 is 0 Å². The minimum atomic E-state index is -1.23. The third-order valence-electron chi connectivity index (χ3n) is 4.04. The van der Waals surface area contributed by atoms with E-state index in [-0.39, 0.29) is 5.56 Å². The number of amides is 1. The highest BCUT2D eigenvalue weighted by molar-refractivity contribution is 5.97. The van der Waals surface area contributed by atoms with Gasteiger partial charge in [0.25, 0.3) is 5.91 Å².